The number of hydrogen-bond donors (Lipinski definition) is 8. The van der Waals surface area contributed by atoms with Crippen molar-refractivity contribution in [3.8, 4) is 0 Å². The summed E-state index contributed by atoms with van der Waals surface area (Å²) in [4.78, 5) is 74.8. The highest BCUT2D eigenvalue weighted by Crippen LogP contribution is 2.91. The minimum absolute atomic E-state index is 0.0282. The zero-order chi connectivity index (χ0) is 94.4. The van der Waals surface area contributed by atoms with E-state index in [2.05, 4.69) is 75.3 Å². The highest BCUT2D eigenvalue weighted by Gasteiger charge is 2.91. The first-order chi connectivity index (χ1) is 64.9. The minimum atomic E-state index is -0.776. The number of ether oxygens (including phenoxy) is 5. The van der Waals surface area contributed by atoms with Gasteiger partial charge < -0.3 is 64.5 Å². The van der Waals surface area contributed by atoms with Crippen LogP contribution in [-0.4, -0.2) is 159 Å². The molecule has 137 heavy (non-hydrogen) atoms. The van der Waals surface area contributed by atoms with Crippen LogP contribution >= 0.6 is 0 Å². The molecule has 0 amide bonds. The van der Waals surface area contributed by atoms with E-state index in [4.69, 9.17) is 23.7 Å². The molecular formula is C118H164O19. The van der Waals surface area contributed by atoms with Crippen LogP contribution in [0.3, 0.4) is 0 Å². The van der Waals surface area contributed by atoms with Gasteiger partial charge in [-0.15, -0.1) is 0 Å². The largest absolute Gasteiger partial charge is 0.465 e. The van der Waals surface area contributed by atoms with Gasteiger partial charge in [-0.25, -0.2) is 0 Å². The van der Waals surface area contributed by atoms with E-state index in [9.17, 15) is 69.6 Å². The van der Waals surface area contributed by atoms with Crippen molar-refractivity contribution in [2.45, 2.75) is 396 Å². The van der Waals surface area contributed by atoms with Crippen LogP contribution in [0.1, 0.15) is 327 Å². The van der Waals surface area contributed by atoms with Crippen LogP contribution in [0.5, 0.6) is 0 Å². The zero-order valence-corrected chi connectivity index (χ0v) is 84.2. The molecule has 19 nitrogen and oxygen atoms in total. The number of carbonyl (C=O) groups excluding carboxylic acids is 6. The lowest BCUT2D eigenvalue weighted by molar-refractivity contribution is -0.237. The van der Waals surface area contributed by atoms with Gasteiger partial charge in [0.25, 0.3) is 0 Å². The maximum Gasteiger partial charge on any atom is 0.321 e. The minimum Gasteiger partial charge on any atom is -0.465 e. The normalized spacial score (nSPS) is 66.8. The molecule has 0 aromatic heterocycles. The SMILES string of the molecule is CC12CCC(=O)C=C1[C@@H]1C[C@@H]1C1C2CCC2(C)C1C1C[C@@H]1[C@@]21CCC(=O)O1.CC12CCC(O)CC1(O)[C@@H]1C[C@@H]1C1C2CCC2(C)C1C1C[C@@H]1C21CCC(=O)O1.CC12CCC(O)CC1(O)[C@@H]1C[C@@H]1C1C2CCC2(C)C1C1C[C@@H]1[C@@]21CO1.CC12CCC3C(C1C1C[C@@H]1C2=O)[C@H]1C[C@H]1C1(O)CC(O)CCC31C.CCOC(=O)C1CC2(OC1=O)[C@H]1CC1C1C3C(CCC12C)C1(C)CCC(O)CC1(O)[C@@H]1C[C@H]31. The standard InChI is InChI=1S/C27H38O6.C24H34O4.C24H30O3.C22H32O3.C21H30O3/c1-4-32-22(29)16-12-27(33-23(16)30)19-10-15(19)21-20-14-9-18(14)26(31)11-13(28)5-7-24(26,2)17(20)6-8-25(21,27)3;1-21-6-3-12(25)11-23(21,27)16-9-13(16)19-15(21)4-7-22(2)20(19)14-10-17(14)24(22)8-5-18(26)28-24;1-22-6-3-12(25)9-17(22)13-10-14(13)20-16(22)4-7-23(2)21(20)15-11-18(15)24(23)8-5-19(26)27-24;1-19-5-3-11(23)9-21(19,24)15-7-12(15)17-14(19)4-6-20(2)18(17)13-8-16(13)22(20)10-25-22;1-19-5-4-14-16(17(19)11-7-12(11)18(19)23)13-8-15(13)21(24)9-10(22)3-6-20(14,21)2/h13-21,28,31H,4-12H2,1-3H3;12-17,19-20,25,27H,3-11H2,1-2H3;9,13-16,18,20-21H,3-8,10-11H2,1-2H3;11-18,23-24H,3-10H2,1-2H3;10-17,22,24H,3-9H2,1-2H3/t13?,14-,15?,16?,17?,18+,19-,20?,21?,24?,25?,26?,27?;12?,13-,14?,15?,16+,17-,19?,20?,21?,22?,23?,24?;13-,14+,15?,16?,18+,20?,21?,22?,23?,24+;11?,12-,13?,14?,15+,16-,17?,18?,19?,20?,21?,22-;10?,11?,12-,13-,14?,15+,16?,17?,19?,20?,21?/m00100/s1. The second kappa shape index (κ2) is 26.8. The summed E-state index contributed by atoms with van der Waals surface area (Å²) in [5.74, 6) is 21.5. The maximum absolute atomic E-state index is 12.9. The van der Waals surface area contributed by atoms with E-state index in [1.165, 1.54) is 63.4 Å². The van der Waals surface area contributed by atoms with E-state index < -0.39 is 39.9 Å². The Morgan fingerprint density at radius 2 is 0.679 bits per heavy atom. The molecule has 0 aromatic carbocycles. The molecule has 0 aromatic rings. The molecule has 30 aliphatic carbocycles. The highest BCUT2D eigenvalue weighted by atomic mass is 16.6. The molecule has 41 unspecified atom stereocenters. The fourth-order valence-electron chi connectivity index (χ4n) is 49.9. The number of rotatable bonds is 2. The lowest BCUT2D eigenvalue weighted by Crippen LogP contribution is -2.65. The van der Waals surface area contributed by atoms with Crippen LogP contribution in [0.4, 0.5) is 0 Å². The van der Waals surface area contributed by atoms with Gasteiger partial charge in [0, 0.05) is 102 Å². The predicted octanol–water partition coefficient (Wildman–Crippen LogP) is 16.5. The lowest BCUT2D eigenvalue weighted by atomic mass is 9.42. The van der Waals surface area contributed by atoms with E-state index in [-0.39, 0.29) is 114 Å². The first-order valence-electron chi connectivity index (χ1n) is 57.8. The van der Waals surface area contributed by atoms with Gasteiger partial charge in [-0.05, 0) is 423 Å². The quantitative estimate of drug-likeness (QED) is 0.0551. The van der Waals surface area contributed by atoms with Gasteiger partial charge in [0.1, 0.15) is 28.2 Å². The van der Waals surface area contributed by atoms with Gasteiger partial charge in [-0.3, -0.25) is 28.8 Å². The monoisotopic (exact) mass is 1890 g/mol. The number of esters is 4. The molecule has 4 spiro atoms. The second-order valence-corrected chi connectivity index (χ2v) is 59.4. The van der Waals surface area contributed by atoms with Gasteiger partial charge in [0.05, 0.1) is 60.0 Å². The Labute approximate surface area is 811 Å². The molecule has 0 bridgehead atoms. The number of ketones is 2. The molecule has 33 fully saturated rings. The van der Waals surface area contributed by atoms with Gasteiger partial charge in [0.15, 0.2) is 11.7 Å². The van der Waals surface area contributed by atoms with Crippen molar-refractivity contribution >= 4 is 35.4 Å². The first kappa shape index (κ1) is 88.8. The van der Waals surface area contributed by atoms with Gasteiger partial charge >= 0.3 is 23.9 Å². The molecule has 8 N–H and O–H groups in total. The van der Waals surface area contributed by atoms with Crippen LogP contribution in [0, 0.1) is 267 Å². The Hall–Kier alpha value is -3.40. The van der Waals surface area contributed by atoms with Crippen molar-refractivity contribution < 1.29 is 93.3 Å². The molecule has 4 heterocycles. The summed E-state index contributed by atoms with van der Waals surface area (Å²) in [7, 11) is 0. The Morgan fingerprint density at radius 1 is 0.336 bits per heavy atom. The number of carbonyl (C=O) groups is 6. The zero-order valence-electron chi connectivity index (χ0n) is 84.2. The van der Waals surface area contributed by atoms with E-state index in [0.29, 0.717) is 204 Å². The van der Waals surface area contributed by atoms with Gasteiger partial charge in [-0.1, -0.05) is 74.8 Å². The Morgan fingerprint density at radius 3 is 1.07 bits per heavy atom. The Kier molecular flexibility index (Phi) is 17.4. The highest BCUT2D eigenvalue weighted by molar-refractivity contribution is 5.97. The maximum atomic E-state index is 12.9. The van der Waals surface area contributed by atoms with Crippen LogP contribution in [0.2, 0.25) is 0 Å². The van der Waals surface area contributed by atoms with Crippen molar-refractivity contribution in [2.24, 2.45) is 267 Å². The first-order valence-corrected chi connectivity index (χ1v) is 57.8. The molecule has 29 saturated carbocycles. The van der Waals surface area contributed by atoms with E-state index in [1.54, 1.807) is 6.92 Å². The number of allylic oxidation sites excluding steroid dienone is 1. The number of hydrogen-bond acceptors (Lipinski definition) is 19. The van der Waals surface area contributed by atoms with Crippen molar-refractivity contribution in [3.63, 3.8) is 0 Å². The Balaban J connectivity index is 0.0000000814. The van der Waals surface area contributed by atoms with Crippen molar-refractivity contribution in [1.29, 1.82) is 0 Å². The van der Waals surface area contributed by atoms with Gasteiger partial charge in [0.2, 0.25) is 0 Å². The number of epoxide rings is 1. The number of aliphatic hydroxyl groups is 8. The lowest BCUT2D eigenvalue weighted by Gasteiger charge is -2.64. The molecule has 34 aliphatic rings. The fraction of sp³-hybridized carbons (Fsp3) is 0.932. The summed E-state index contributed by atoms with van der Waals surface area (Å²) in [5.41, 5.74) is -1.07. The van der Waals surface area contributed by atoms with E-state index in [0.717, 1.165) is 219 Å². The molecular weight excluding hydrogens is 1720 g/mol. The van der Waals surface area contributed by atoms with Crippen molar-refractivity contribution in [2.75, 3.05) is 13.2 Å². The van der Waals surface area contributed by atoms with E-state index in [1.807, 2.05) is 0 Å². The molecule has 750 valence electrons. The number of aliphatic hydroxyl groups excluding tert-OH is 4. The molecule has 19 heteroatoms. The van der Waals surface area contributed by atoms with Crippen LogP contribution < -0.4 is 0 Å². The number of fused-ring (bicyclic) bond motifs is 58. The average molecular weight is 1890 g/mol. The van der Waals surface area contributed by atoms with Crippen molar-refractivity contribution in [3.05, 3.63) is 11.6 Å². The summed E-state index contributed by atoms with van der Waals surface area (Å²) < 4.78 is 30.1. The molecule has 0 radical (unpaired) electrons. The smallest absolute Gasteiger partial charge is 0.321 e. The number of Topliss-reactive ketones (excluding diaryl/α,β-unsaturated/α-hetero) is 1. The summed E-state index contributed by atoms with van der Waals surface area (Å²) in [6, 6.07) is 0. The third-order valence-electron chi connectivity index (χ3n) is 56.3. The summed E-state index contributed by atoms with van der Waals surface area (Å²) in [6.45, 7) is 27.1. The Bertz CT molecular complexity index is 5330. The molecule has 4 aliphatic heterocycles. The molecule has 34 rings (SSSR count). The molecule has 4 saturated heterocycles. The van der Waals surface area contributed by atoms with Crippen LogP contribution in [0.15, 0.2) is 11.6 Å². The predicted molar refractivity (Wildman–Crippen MR) is 500 cm³/mol. The summed E-state index contributed by atoms with van der Waals surface area (Å²) >= 11 is 0. The van der Waals surface area contributed by atoms with Crippen molar-refractivity contribution in [1.82, 2.24) is 0 Å². The average Bonchev–Trinajstić information content (AvgIpc) is 1.43. The summed E-state index contributed by atoms with van der Waals surface area (Å²) in [5, 5.41) is 88.6. The fourth-order valence-corrected chi connectivity index (χ4v) is 49.9. The second-order valence-electron chi connectivity index (χ2n) is 59.4. The third-order valence-corrected chi connectivity index (χ3v) is 56.3. The third kappa shape index (κ3) is 10.3. The summed E-state index contributed by atoms with van der Waals surface area (Å²) in [6.07, 6.45) is 39.4. The van der Waals surface area contributed by atoms with Crippen LogP contribution in [0.25, 0.3) is 0 Å². The van der Waals surface area contributed by atoms with E-state index >= 15 is 0 Å². The topological polar surface area (TPSA) is 314 Å². The van der Waals surface area contributed by atoms with Crippen LogP contribution in [-0.2, 0) is 52.5 Å². The van der Waals surface area contributed by atoms with Gasteiger partial charge in [-0.2, -0.15) is 0 Å². The molecule has 58 atom stereocenters.